The summed E-state index contributed by atoms with van der Waals surface area (Å²) in [7, 11) is 0. The van der Waals surface area contributed by atoms with Gasteiger partial charge in [-0.1, -0.05) is 27.7 Å². The van der Waals surface area contributed by atoms with Gasteiger partial charge in [-0.3, -0.25) is 9.44 Å². The molecule has 0 aromatic heterocycles. The number of rotatable bonds is 11. The second kappa shape index (κ2) is 12.2. The van der Waals surface area contributed by atoms with Crippen molar-refractivity contribution in [3.8, 4) is 0 Å². The number of urea groups is 2. The highest BCUT2D eigenvalue weighted by Gasteiger charge is 2.21. The molecule has 0 fully saturated rings. The lowest BCUT2D eigenvalue weighted by atomic mass is 10.3. The standard InChI is InChI=1S/C13H30N4O4P2S2/c1-6-22(20,7-2)24-16-12(18)14-10-11(5)15-13(19)17-25-23(21,8-3)9-4/h11H,6-10H2,1-5H3,(H2,14,16,18)(H2,15,17,19). The first kappa shape index (κ1) is 24.7. The van der Waals surface area contributed by atoms with E-state index < -0.39 is 24.7 Å². The molecule has 4 amide bonds. The van der Waals surface area contributed by atoms with Crippen molar-refractivity contribution < 1.29 is 18.7 Å². The molecule has 4 N–H and O–H groups in total. The average Bonchev–Trinajstić information content (AvgIpc) is 2.62. The zero-order valence-electron chi connectivity index (χ0n) is 15.5. The summed E-state index contributed by atoms with van der Waals surface area (Å²) in [5.74, 6) is 0. The van der Waals surface area contributed by atoms with Crippen LogP contribution in [0.2, 0.25) is 0 Å². The van der Waals surface area contributed by atoms with E-state index in [0.717, 1.165) is 23.1 Å². The normalized spacial score (nSPS) is 13.0. The molecular weight excluding hydrogens is 402 g/mol. The maximum absolute atomic E-state index is 12.2. The van der Waals surface area contributed by atoms with Gasteiger partial charge >= 0.3 is 12.1 Å². The van der Waals surface area contributed by atoms with Crippen molar-refractivity contribution in [3.05, 3.63) is 0 Å². The van der Waals surface area contributed by atoms with Crippen molar-refractivity contribution in [2.45, 2.75) is 40.7 Å². The number of hydrogen-bond acceptors (Lipinski definition) is 6. The molecule has 0 radical (unpaired) electrons. The highest BCUT2D eigenvalue weighted by atomic mass is 32.7. The van der Waals surface area contributed by atoms with Gasteiger partial charge < -0.3 is 19.8 Å². The molecule has 1 unspecified atom stereocenters. The summed E-state index contributed by atoms with van der Waals surface area (Å²) in [6, 6.07) is -1.21. The summed E-state index contributed by atoms with van der Waals surface area (Å²) in [5, 5.41) is 5.26. The van der Waals surface area contributed by atoms with Crippen molar-refractivity contribution in [2.75, 3.05) is 31.2 Å². The predicted octanol–water partition coefficient (Wildman–Crippen LogP) is 3.91. The molecule has 0 aliphatic rings. The van der Waals surface area contributed by atoms with Gasteiger partial charge in [0.25, 0.3) is 0 Å². The molecule has 25 heavy (non-hydrogen) atoms. The van der Waals surface area contributed by atoms with Crippen molar-refractivity contribution in [3.63, 3.8) is 0 Å². The second-order valence-electron chi connectivity index (χ2n) is 5.37. The molecule has 0 saturated carbocycles. The van der Waals surface area contributed by atoms with E-state index in [-0.39, 0.29) is 12.6 Å². The molecule has 0 aromatic rings. The lowest BCUT2D eigenvalue weighted by molar-refractivity contribution is 0.239. The van der Waals surface area contributed by atoms with E-state index in [0.29, 0.717) is 24.6 Å². The maximum atomic E-state index is 12.2. The van der Waals surface area contributed by atoms with Crippen LogP contribution in [-0.2, 0) is 9.13 Å². The molecule has 0 rings (SSSR count). The predicted molar refractivity (Wildman–Crippen MR) is 110 cm³/mol. The van der Waals surface area contributed by atoms with Crippen LogP contribution in [0.15, 0.2) is 0 Å². The number of hydrogen-bond donors (Lipinski definition) is 4. The third-order valence-electron chi connectivity index (χ3n) is 3.48. The smallest absolute Gasteiger partial charge is 0.325 e. The highest BCUT2D eigenvalue weighted by Crippen LogP contribution is 2.56. The summed E-state index contributed by atoms with van der Waals surface area (Å²) in [6.07, 6.45) is -2.74. The minimum atomic E-state index is -2.41. The molecule has 0 spiro atoms. The summed E-state index contributed by atoms with van der Waals surface area (Å²) < 4.78 is 29.4. The van der Waals surface area contributed by atoms with Crippen molar-refractivity contribution in [2.24, 2.45) is 0 Å². The second-order valence-corrected chi connectivity index (χ2v) is 17.0. The van der Waals surface area contributed by atoms with Crippen LogP contribution in [0.5, 0.6) is 0 Å². The van der Waals surface area contributed by atoms with Crippen LogP contribution in [0, 0.1) is 0 Å². The fourth-order valence-corrected chi connectivity index (χ4v) is 6.63. The minimum Gasteiger partial charge on any atom is -0.335 e. The summed E-state index contributed by atoms with van der Waals surface area (Å²) in [4.78, 5) is 23.5. The largest absolute Gasteiger partial charge is 0.335 e. The SMILES string of the molecule is CCP(=O)(CC)SNC(=O)NCC(C)NC(=O)NSP(=O)(CC)CC. The van der Waals surface area contributed by atoms with E-state index in [1.54, 1.807) is 6.92 Å². The Balaban J connectivity index is 4.12. The number of nitrogens with one attached hydrogen (secondary N) is 4. The minimum absolute atomic E-state index is 0.215. The quantitative estimate of drug-likeness (QED) is 0.291. The highest BCUT2D eigenvalue weighted by molar-refractivity contribution is 8.57. The van der Waals surface area contributed by atoms with Gasteiger partial charge in [-0.15, -0.1) is 0 Å². The van der Waals surface area contributed by atoms with Crippen LogP contribution in [-0.4, -0.2) is 49.3 Å². The number of carbonyl (C=O) groups excluding carboxylic acids is 2. The molecular formula is C13H30N4O4P2S2. The van der Waals surface area contributed by atoms with Gasteiger partial charge in [0.05, 0.1) is 0 Å². The van der Waals surface area contributed by atoms with E-state index >= 15 is 0 Å². The zero-order valence-corrected chi connectivity index (χ0v) is 18.9. The summed E-state index contributed by atoms with van der Waals surface area (Å²) in [6.45, 7) is 9.27. The third-order valence-corrected chi connectivity index (χ3v) is 14.2. The average molecular weight is 432 g/mol. The van der Waals surface area contributed by atoms with Crippen LogP contribution in [0.3, 0.4) is 0 Å². The molecule has 0 saturated heterocycles. The van der Waals surface area contributed by atoms with E-state index in [1.807, 2.05) is 27.7 Å². The summed E-state index contributed by atoms with van der Waals surface area (Å²) in [5.41, 5.74) is 0. The third kappa shape index (κ3) is 10.4. The van der Waals surface area contributed by atoms with Crippen LogP contribution < -0.4 is 20.1 Å². The molecule has 148 valence electrons. The van der Waals surface area contributed by atoms with Gasteiger partial charge in [0.1, 0.15) is 0 Å². The van der Waals surface area contributed by atoms with E-state index in [1.165, 1.54) is 0 Å². The van der Waals surface area contributed by atoms with Gasteiger partial charge in [-0.25, -0.2) is 9.59 Å². The topological polar surface area (TPSA) is 116 Å². The van der Waals surface area contributed by atoms with Gasteiger partial charge in [0.2, 0.25) is 0 Å². The number of carbonyl (C=O) groups is 2. The van der Waals surface area contributed by atoms with Crippen molar-refractivity contribution in [1.82, 2.24) is 20.1 Å². The lowest BCUT2D eigenvalue weighted by Crippen LogP contribution is -2.45. The Bertz CT molecular complexity index is 520. The first-order chi connectivity index (χ1) is 11.6. The Labute approximate surface area is 158 Å². The van der Waals surface area contributed by atoms with Crippen LogP contribution in [0.1, 0.15) is 34.6 Å². The first-order valence-electron chi connectivity index (χ1n) is 8.27. The van der Waals surface area contributed by atoms with Crippen molar-refractivity contribution in [1.29, 1.82) is 0 Å². The van der Waals surface area contributed by atoms with Gasteiger partial charge in [0.15, 0.2) is 12.7 Å². The zero-order chi connectivity index (χ0) is 19.5. The first-order valence-corrected chi connectivity index (χ1v) is 15.3. The molecule has 12 heteroatoms. The molecule has 0 aliphatic heterocycles. The molecule has 0 aliphatic carbocycles. The van der Waals surface area contributed by atoms with E-state index in [2.05, 4.69) is 20.1 Å². The van der Waals surface area contributed by atoms with E-state index in [9.17, 15) is 18.7 Å². The Morgan fingerprint density at radius 2 is 1.24 bits per heavy atom. The van der Waals surface area contributed by atoms with Gasteiger partial charge in [0, 0.05) is 60.4 Å². The Hall–Kier alpha value is -0.300. The Morgan fingerprint density at radius 1 is 0.840 bits per heavy atom. The van der Waals surface area contributed by atoms with Crippen LogP contribution in [0.25, 0.3) is 0 Å². The Morgan fingerprint density at radius 3 is 1.64 bits per heavy atom. The Kier molecular flexibility index (Phi) is 12.0. The number of amides is 4. The lowest BCUT2D eigenvalue weighted by Gasteiger charge is -2.18. The fraction of sp³-hybridized carbons (Fsp3) is 0.846. The monoisotopic (exact) mass is 432 g/mol. The van der Waals surface area contributed by atoms with Gasteiger partial charge in [-0.05, 0) is 6.92 Å². The summed E-state index contributed by atoms with van der Waals surface area (Å²) >= 11 is 1.95. The fourth-order valence-electron chi connectivity index (χ4n) is 1.54. The maximum Gasteiger partial charge on any atom is 0.325 e. The van der Waals surface area contributed by atoms with Crippen LogP contribution >= 0.6 is 35.8 Å². The van der Waals surface area contributed by atoms with Crippen molar-refractivity contribution >= 4 is 47.9 Å². The molecule has 0 bridgehead atoms. The van der Waals surface area contributed by atoms with Crippen LogP contribution in [0.4, 0.5) is 9.59 Å². The molecule has 8 nitrogen and oxygen atoms in total. The van der Waals surface area contributed by atoms with Gasteiger partial charge in [-0.2, -0.15) is 0 Å². The van der Waals surface area contributed by atoms with E-state index in [4.69, 9.17) is 0 Å². The molecule has 1 atom stereocenters. The molecule has 0 aromatic carbocycles. The molecule has 0 heterocycles.